The molecule has 0 amide bonds. The number of aromatic amines is 1. The van der Waals surface area contributed by atoms with Crippen molar-refractivity contribution < 1.29 is 21.1 Å². The minimum atomic E-state index is -1.07. The zero-order chi connectivity index (χ0) is 20.7. The van der Waals surface area contributed by atoms with Crippen molar-refractivity contribution in [1.29, 1.82) is 5.41 Å². The van der Waals surface area contributed by atoms with Gasteiger partial charge in [0.25, 0.3) is 0 Å². The topological polar surface area (TPSA) is 129 Å². The highest BCUT2D eigenvalue weighted by Gasteiger charge is 2.46. The Bertz CT molecular complexity index is 1090. The summed E-state index contributed by atoms with van der Waals surface area (Å²) in [7, 11) is 1.43. The maximum atomic E-state index is 10.5. The molecule has 0 bridgehead atoms. The zero-order valence-electron chi connectivity index (χ0n) is 15.7. The number of aliphatic hydroxyl groups is 2. The number of hydrogen-bond donors (Lipinski definition) is 4. The molecular weight excluding hydrogens is 406 g/mol. The van der Waals surface area contributed by atoms with Crippen molar-refractivity contribution in [2.45, 2.75) is 34.6 Å². The SMILES string of the molecule is [2H]n1cnc(=N)c2nc(Sc3ccc(Cl)cc3)n([C@@H]3O[C@H](CO)[C@@H](O)[C@H]3OC)c21. The Morgan fingerprint density at radius 1 is 1.46 bits per heavy atom. The summed E-state index contributed by atoms with van der Waals surface area (Å²) in [5.74, 6) is 0. The highest BCUT2D eigenvalue weighted by Crippen LogP contribution is 2.38. The number of imidazole rings is 1. The van der Waals surface area contributed by atoms with Crippen LogP contribution in [0.1, 0.15) is 6.23 Å². The van der Waals surface area contributed by atoms with E-state index in [4.69, 9.17) is 27.9 Å². The van der Waals surface area contributed by atoms with Gasteiger partial charge in [0.2, 0.25) is 0 Å². The largest absolute Gasteiger partial charge is 0.394 e. The molecule has 1 aliphatic heterocycles. The van der Waals surface area contributed by atoms with Gasteiger partial charge in [-0.1, -0.05) is 23.4 Å². The normalized spacial score (nSPS) is 25.4. The van der Waals surface area contributed by atoms with Crippen LogP contribution in [0.15, 0.2) is 40.6 Å². The van der Waals surface area contributed by atoms with E-state index in [1.165, 1.54) is 25.2 Å². The molecule has 4 N–H and O–H groups in total. The van der Waals surface area contributed by atoms with Gasteiger partial charge in [0.15, 0.2) is 23.8 Å². The first-order valence-corrected chi connectivity index (χ1v) is 9.58. The summed E-state index contributed by atoms with van der Waals surface area (Å²) in [6.07, 6.45) is -2.41. The Hall–Kier alpha value is -1.95. The monoisotopic (exact) mass is 424 g/mol. The van der Waals surface area contributed by atoms with Crippen LogP contribution in [0.4, 0.5) is 0 Å². The van der Waals surface area contributed by atoms with Gasteiger partial charge in [-0.25, -0.2) is 9.97 Å². The lowest BCUT2D eigenvalue weighted by molar-refractivity contribution is -0.0623. The minimum absolute atomic E-state index is 0.0913. The lowest BCUT2D eigenvalue weighted by atomic mass is 10.1. The molecule has 1 aliphatic rings. The van der Waals surface area contributed by atoms with E-state index in [1.807, 2.05) is 12.1 Å². The summed E-state index contributed by atoms with van der Waals surface area (Å²) < 4.78 is 21.1. The third-order valence-corrected chi connectivity index (χ3v) is 5.72. The number of hydrogen-bond acceptors (Lipinski definition) is 8. The molecule has 9 nitrogen and oxygen atoms in total. The molecule has 1 saturated heterocycles. The fourth-order valence-electron chi connectivity index (χ4n) is 3.13. The summed E-state index contributed by atoms with van der Waals surface area (Å²) >= 11 is 7.24. The number of fused-ring (bicyclic) bond motifs is 1. The third-order valence-electron chi connectivity index (χ3n) is 4.49. The summed E-state index contributed by atoms with van der Waals surface area (Å²) in [5.41, 5.74) is 0.380. The van der Waals surface area contributed by atoms with E-state index in [0.717, 1.165) is 9.87 Å². The Balaban J connectivity index is 1.89. The van der Waals surface area contributed by atoms with Crippen LogP contribution in [0.25, 0.3) is 11.2 Å². The molecule has 148 valence electrons. The quantitative estimate of drug-likeness (QED) is 0.486. The van der Waals surface area contributed by atoms with E-state index in [0.29, 0.717) is 10.2 Å². The molecule has 3 heterocycles. The number of nitrogens with zero attached hydrogens (tertiary/aromatic N) is 3. The number of halogens is 1. The Labute approximate surface area is 170 Å². The first kappa shape index (κ1) is 18.1. The summed E-state index contributed by atoms with van der Waals surface area (Å²) in [6, 6.07) is 7.13. The maximum Gasteiger partial charge on any atom is 0.177 e. The van der Waals surface area contributed by atoms with Crippen LogP contribution in [-0.4, -0.2) is 61.8 Å². The summed E-state index contributed by atoms with van der Waals surface area (Å²) in [6.45, 7) is -0.393. The van der Waals surface area contributed by atoms with Gasteiger partial charge < -0.3 is 24.7 Å². The fraction of sp³-hybridized carbons (Fsp3) is 0.353. The molecule has 1 aromatic carbocycles. The smallest absolute Gasteiger partial charge is 0.177 e. The van der Waals surface area contributed by atoms with E-state index in [1.54, 1.807) is 16.7 Å². The fourth-order valence-corrected chi connectivity index (χ4v) is 4.16. The molecular formula is C17H18ClN5O4S. The van der Waals surface area contributed by atoms with Gasteiger partial charge in [-0.3, -0.25) is 9.98 Å². The van der Waals surface area contributed by atoms with Gasteiger partial charge in [0, 0.05) is 17.0 Å². The highest BCUT2D eigenvalue weighted by atomic mass is 35.5. The first-order chi connectivity index (χ1) is 13.9. The predicted molar refractivity (Wildman–Crippen MR) is 101 cm³/mol. The van der Waals surface area contributed by atoms with E-state index in [9.17, 15) is 10.2 Å². The van der Waals surface area contributed by atoms with Crippen molar-refractivity contribution >= 4 is 34.5 Å². The van der Waals surface area contributed by atoms with Crippen molar-refractivity contribution in [2.24, 2.45) is 0 Å². The van der Waals surface area contributed by atoms with Crippen molar-refractivity contribution in [1.82, 2.24) is 19.5 Å². The van der Waals surface area contributed by atoms with E-state index >= 15 is 0 Å². The van der Waals surface area contributed by atoms with Gasteiger partial charge >= 0.3 is 0 Å². The molecule has 0 aliphatic carbocycles. The van der Waals surface area contributed by atoms with E-state index in [2.05, 4.69) is 9.97 Å². The van der Waals surface area contributed by atoms with E-state index < -0.39 is 31.1 Å². The van der Waals surface area contributed by atoms with Gasteiger partial charge in [-0.15, -0.1) is 0 Å². The average molecular weight is 425 g/mol. The number of ether oxygens (including phenoxy) is 2. The number of benzene rings is 1. The first-order valence-electron chi connectivity index (χ1n) is 8.83. The summed E-state index contributed by atoms with van der Waals surface area (Å²) in [5, 5.41) is 29.1. The van der Waals surface area contributed by atoms with Crippen LogP contribution in [0, 0.1) is 5.41 Å². The maximum absolute atomic E-state index is 10.5. The molecule has 0 saturated carbocycles. The molecule has 2 aromatic heterocycles. The standard InChI is InChI=1S/C17H18ClN5O4S/c1-26-13-12(25)10(6-24)27-16(13)23-15-11(14(19)20-7-21-15)22-17(23)28-9-4-2-8(18)3-5-9/h2-5,7,10,12-13,16,24-25H,6H2,1H3,(H2,19,20,21)/t10-,12-,13-,16-/m1/s1/i/hD. The van der Waals surface area contributed by atoms with Gasteiger partial charge in [-0.05, 0) is 24.3 Å². The van der Waals surface area contributed by atoms with Gasteiger partial charge in [0.1, 0.15) is 24.0 Å². The summed E-state index contributed by atoms with van der Waals surface area (Å²) in [4.78, 5) is 10.2. The zero-order valence-corrected chi connectivity index (χ0v) is 16.3. The molecule has 3 aromatic rings. The number of nitrogens with one attached hydrogen (secondary N) is 2. The van der Waals surface area contributed by atoms with Crippen LogP contribution in [0.3, 0.4) is 0 Å². The molecule has 4 atom stereocenters. The van der Waals surface area contributed by atoms with Crippen molar-refractivity contribution in [2.75, 3.05) is 13.7 Å². The lowest BCUT2D eigenvalue weighted by Crippen LogP contribution is -2.34. The number of aromatic nitrogens is 4. The lowest BCUT2D eigenvalue weighted by Gasteiger charge is -2.22. The Kier molecular flexibility index (Phi) is 5.05. The molecule has 0 unspecified atom stereocenters. The molecule has 11 heteroatoms. The highest BCUT2D eigenvalue weighted by molar-refractivity contribution is 7.99. The molecule has 4 rings (SSSR count). The number of aliphatic hydroxyl groups excluding tert-OH is 2. The van der Waals surface area contributed by atoms with E-state index in [-0.39, 0.29) is 16.7 Å². The number of methoxy groups -OCH3 is 1. The second-order valence-electron chi connectivity index (χ2n) is 6.15. The predicted octanol–water partition coefficient (Wildman–Crippen LogP) is 1.31. The van der Waals surface area contributed by atoms with Crippen molar-refractivity contribution in [3.05, 3.63) is 41.1 Å². The third kappa shape index (κ3) is 3.32. The van der Waals surface area contributed by atoms with Crippen molar-refractivity contribution in [3.8, 4) is 0 Å². The van der Waals surface area contributed by atoms with Crippen LogP contribution in [-0.2, 0) is 9.47 Å². The van der Waals surface area contributed by atoms with Gasteiger partial charge in [0.05, 0.1) is 12.9 Å². The number of H-pyrrole nitrogens is 1. The molecule has 1 fully saturated rings. The second kappa shape index (κ2) is 7.82. The average Bonchev–Trinajstić information content (AvgIpc) is 3.24. The molecule has 0 radical (unpaired) electrons. The van der Waals surface area contributed by atoms with Gasteiger partial charge in [-0.2, -0.15) is 0 Å². The number of rotatable bonds is 5. The molecule has 0 spiro atoms. The van der Waals surface area contributed by atoms with Crippen LogP contribution < -0.4 is 5.49 Å². The van der Waals surface area contributed by atoms with Crippen LogP contribution >= 0.6 is 23.4 Å². The van der Waals surface area contributed by atoms with Crippen molar-refractivity contribution in [3.63, 3.8) is 0 Å². The Morgan fingerprint density at radius 3 is 2.89 bits per heavy atom. The van der Waals surface area contributed by atoms with Crippen LogP contribution in [0.2, 0.25) is 6.43 Å². The second-order valence-corrected chi connectivity index (χ2v) is 7.63. The minimum Gasteiger partial charge on any atom is -0.394 e. The Morgan fingerprint density at radius 2 is 2.21 bits per heavy atom. The molecule has 28 heavy (non-hydrogen) atoms. The van der Waals surface area contributed by atoms with Crippen LogP contribution in [0.5, 0.6) is 0 Å².